The number of hydrogen-bond acceptors (Lipinski definition) is 2. The van der Waals surface area contributed by atoms with E-state index < -0.39 is 6.10 Å². The van der Waals surface area contributed by atoms with Crippen molar-refractivity contribution in [2.75, 3.05) is 0 Å². The van der Waals surface area contributed by atoms with Gasteiger partial charge in [0.15, 0.2) is 6.10 Å². The standard InChI is InChI=1S/C18H27NO2/c1-5-18(3,4)19-17(20)13(2)21-16-12-8-10-14-9-6-7-11-15(14)16/h8,10,12-13H,5-7,9,11H2,1-4H3,(H,19,20)/t13-/m0/s1. The molecule has 0 saturated carbocycles. The number of hydrogen-bond donors (Lipinski definition) is 1. The molecule has 0 heterocycles. The van der Waals surface area contributed by atoms with Crippen molar-refractivity contribution in [1.29, 1.82) is 0 Å². The van der Waals surface area contributed by atoms with E-state index in [1.54, 1.807) is 0 Å². The SMILES string of the molecule is CCC(C)(C)NC(=O)[C@H](C)Oc1cccc2c1CCCC2. The Morgan fingerprint density at radius 2 is 2.05 bits per heavy atom. The average molecular weight is 289 g/mol. The van der Waals surface area contributed by atoms with Gasteiger partial charge in [0, 0.05) is 5.54 Å². The number of carbonyl (C=O) groups excluding carboxylic acids is 1. The summed E-state index contributed by atoms with van der Waals surface area (Å²) in [4.78, 5) is 12.3. The van der Waals surface area contributed by atoms with Crippen LogP contribution in [0, 0.1) is 0 Å². The molecule has 21 heavy (non-hydrogen) atoms. The summed E-state index contributed by atoms with van der Waals surface area (Å²) in [6.07, 6.45) is 5.06. The van der Waals surface area contributed by atoms with Gasteiger partial charge in [0.2, 0.25) is 0 Å². The average Bonchev–Trinajstić information content (AvgIpc) is 2.47. The molecular formula is C18H27NO2. The monoisotopic (exact) mass is 289 g/mol. The van der Waals surface area contributed by atoms with Crippen LogP contribution in [0.4, 0.5) is 0 Å². The van der Waals surface area contributed by atoms with E-state index in [0.717, 1.165) is 25.0 Å². The van der Waals surface area contributed by atoms with Crippen LogP contribution in [-0.2, 0) is 17.6 Å². The van der Waals surface area contributed by atoms with Gasteiger partial charge >= 0.3 is 0 Å². The van der Waals surface area contributed by atoms with E-state index in [9.17, 15) is 4.79 Å². The molecule has 0 aromatic heterocycles. The Bertz CT molecular complexity index is 508. The van der Waals surface area contributed by atoms with Crippen LogP contribution in [0.1, 0.15) is 58.1 Å². The fourth-order valence-electron chi connectivity index (χ4n) is 2.62. The lowest BCUT2D eigenvalue weighted by Crippen LogP contribution is -2.48. The van der Waals surface area contributed by atoms with Crippen LogP contribution in [-0.4, -0.2) is 17.6 Å². The van der Waals surface area contributed by atoms with Gasteiger partial charge in [-0.25, -0.2) is 0 Å². The summed E-state index contributed by atoms with van der Waals surface area (Å²) in [7, 11) is 0. The van der Waals surface area contributed by atoms with Gasteiger partial charge in [0.1, 0.15) is 5.75 Å². The van der Waals surface area contributed by atoms with Crippen molar-refractivity contribution in [1.82, 2.24) is 5.32 Å². The Labute approximate surface area is 128 Å². The maximum Gasteiger partial charge on any atom is 0.261 e. The first-order valence-corrected chi connectivity index (χ1v) is 8.02. The molecule has 0 aliphatic heterocycles. The van der Waals surface area contributed by atoms with Gasteiger partial charge in [0.25, 0.3) is 5.91 Å². The van der Waals surface area contributed by atoms with Crippen molar-refractivity contribution in [3.05, 3.63) is 29.3 Å². The van der Waals surface area contributed by atoms with Crippen LogP contribution in [0.25, 0.3) is 0 Å². The molecule has 1 aliphatic carbocycles. The van der Waals surface area contributed by atoms with Crippen LogP contribution < -0.4 is 10.1 Å². The Morgan fingerprint density at radius 3 is 2.76 bits per heavy atom. The lowest BCUT2D eigenvalue weighted by molar-refractivity contribution is -0.129. The van der Waals surface area contributed by atoms with Gasteiger partial charge in [-0.1, -0.05) is 19.1 Å². The maximum atomic E-state index is 12.3. The summed E-state index contributed by atoms with van der Waals surface area (Å²) >= 11 is 0. The number of ether oxygens (including phenoxy) is 1. The first-order valence-electron chi connectivity index (χ1n) is 8.02. The summed E-state index contributed by atoms with van der Waals surface area (Å²) in [5.74, 6) is 0.833. The Morgan fingerprint density at radius 1 is 1.33 bits per heavy atom. The predicted molar refractivity (Wildman–Crippen MR) is 85.7 cm³/mol. The predicted octanol–water partition coefficient (Wildman–Crippen LogP) is 3.64. The topological polar surface area (TPSA) is 38.3 Å². The molecule has 0 unspecified atom stereocenters. The quantitative estimate of drug-likeness (QED) is 0.898. The van der Waals surface area contributed by atoms with Gasteiger partial charge in [-0.3, -0.25) is 4.79 Å². The molecule has 1 amide bonds. The molecular weight excluding hydrogens is 262 g/mol. The Kier molecular flexibility index (Phi) is 4.92. The van der Waals surface area contributed by atoms with Gasteiger partial charge in [0.05, 0.1) is 0 Å². The first-order chi connectivity index (χ1) is 9.93. The molecule has 0 saturated heterocycles. The molecule has 3 nitrogen and oxygen atoms in total. The minimum atomic E-state index is -0.468. The molecule has 1 aromatic rings. The highest BCUT2D eigenvalue weighted by Crippen LogP contribution is 2.30. The van der Waals surface area contributed by atoms with Crippen LogP contribution in [0.15, 0.2) is 18.2 Å². The number of nitrogens with one attached hydrogen (secondary N) is 1. The van der Waals surface area contributed by atoms with E-state index in [4.69, 9.17) is 4.74 Å². The smallest absolute Gasteiger partial charge is 0.261 e. The van der Waals surface area contributed by atoms with Crippen LogP contribution in [0.3, 0.4) is 0 Å². The molecule has 0 spiro atoms. The molecule has 0 bridgehead atoms. The third kappa shape index (κ3) is 3.99. The van der Waals surface area contributed by atoms with Gasteiger partial charge in [-0.15, -0.1) is 0 Å². The number of amides is 1. The second-order valence-electron chi connectivity index (χ2n) is 6.59. The fourth-order valence-corrected chi connectivity index (χ4v) is 2.62. The zero-order valence-corrected chi connectivity index (χ0v) is 13.7. The van der Waals surface area contributed by atoms with Gasteiger partial charge < -0.3 is 10.1 Å². The summed E-state index contributed by atoms with van der Waals surface area (Å²) in [5.41, 5.74) is 2.48. The fraction of sp³-hybridized carbons (Fsp3) is 0.611. The molecule has 1 atom stereocenters. The molecule has 1 aromatic carbocycles. The van der Waals surface area contributed by atoms with E-state index in [-0.39, 0.29) is 11.4 Å². The largest absolute Gasteiger partial charge is 0.481 e. The Hall–Kier alpha value is -1.51. The number of benzene rings is 1. The third-order valence-electron chi connectivity index (χ3n) is 4.37. The van der Waals surface area contributed by atoms with E-state index in [1.165, 1.54) is 24.0 Å². The summed E-state index contributed by atoms with van der Waals surface area (Å²) in [5, 5.41) is 3.04. The van der Waals surface area contributed by atoms with Crippen molar-refractivity contribution in [3.63, 3.8) is 0 Å². The van der Waals surface area contributed by atoms with Crippen LogP contribution in [0.2, 0.25) is 0 Å². The summed E-state index contributed by atoms with van der Waals surface area (Å²) in [6, 6.07) is 6.19. The van der Waals surface area contributed by atoms with Crippen molar-refractivity contribution < 1.29 is 9.53 Å². The highest BCUT2D eigenvalue weighted by molar-refractivity contribution is 5.81. The summed E-state index contributed by atoms with van der Waals surface area (Å²) in [6.45, 7) is 7.95. The highest BCUT2D eigenvalue weighted by Gasteiger charge is 2.24. The van der Waals surface area contributed by atoms with E-state index in [0.29, 0.717) is 0 Å². The zero-order valence-electron chi connectivity index (χ0n) is 13.7. The maximum absolute atomic E-state index is 12.3. The van der Waals surface area contributed by atoms with Crippen molar-refractivity contribution in [2.45, 2.75) is 71.4 Å². The zero-order chi connectivity index (χ0) is 15.5. The molecule has 116 valence electrons. The number of fused-ring (bicyclic) bond motifs is 1. The molecule has 0 radical (unpaired) electrons. The molecule has 3 heteroatoms. The van der Waals surface area contributed by atoms with Gasteiger partial charge in [-0.2, -0.15) is 0 Å². The number of carbonyl (C=O) groups is 1. The molecule has 0 fully saturated rings. The number of aryl methyl sites for hydroxylation is 1. The minimum Gasteiger partial charge on any atom is -0.481 e. The van der Waals surface area contributed by atoms with E-state index >= 15 is 0 Å². The lowest BCUT2D eigenvalue weighted by atomic mass is 9.91. The van der Waals surface area contributed by atoms with Gasteiger partial charge in [-0.05, 0) is 70.1 Å². The summed E-state index contributed by atoms with van der Waals surface area (Å²) < 4.78 is 5.95. The van der Waals surface area contributed by atoms with Crippen LogP contribution >= 0.6 is 0 Å². The third-order valence-corrected chi connectivity index (χ3v) is 4.37. The second-order valence-corrected chi connectivity index (χ2v) is 6.59. The van der Waals surface area contributed by atoms with Crippen LogP contribution in [0.5, 0.6) is 5.75 Å². The molecule has 2 rings (SSSR count). The normalized spacial score (nSPS) is 16.0. The van der Waals surface area contributed by atoms with Crippen molar-refractivity contribution in [2.24, 2.45) is 0 Å². The van der Waals surface area contributed by atoms with Crippen molar-refractivity contribution in [3.8, 4) is 5.75 Å². The second kappa shape index (κ2) is 6.50. The molecule has 1 aliphatic rings. The van der Waals surface area contributed by atoms with E-state index in [2.05, 4.69) is 18.3 Å². The lowest BCUT2D eigenvalue weighted by Gasteiger charge is -2.27. The van der Waals surface area contributed by atoms with E-state index in [1.807, 2.05) is 32.9 Å². The van der Waals surface area contributed by atoms with Crippen molar-refractivity contribution >= 4 is 5.91 Å². The Balaban J connectivity index is 2.06. The molecule has 1 N–H and O–H groups in total. The first kappa shape index (κ1) is 15.9. The number of rotatable bonds is 5. The highest BCUT2D eigenvalue weighted by atomic mass is 16.5. The minimum absolute atomic E-state index is 0.0461.